The number of morpholine rings is 1. The lowest BCUT2D eigenvalue weighted by atomic mass is 9.72. The van der Waals surface area contributed by atoms with E-state index in [0.29, 0.717) is 5.71 Å². The summed E-state index contributed by atoms with van der Waals surface area (Å²) in [4.78, 5) is 9.37. The number of rotatable bonds is 2. The van der Waals surface area contributed by atoms with E-state index in [1.807, 2.05) is 50.4 Å². The van der Waals surface area contributed by atoms with Gasteiger partial charge < -0.3 is 14.5 Å². The fourth-order valence-electron chi connectivity index (χ4n) is 5.07. The summed E-state index contributed by atoms with van der Waals surface area (Å²) in [6, 6.07) is 20.6. The maximum atomic E-state index is 10.3. The summed E-state index contributed by atoms with van der Waals surface area (Å²) >= 11 is 0. The van der Waals surface area contributed by atoms with Gasteiger partial charge in [-0.15, -0.1) is 0 Å². The molecule has 3 aliphatic heterocycles. The highest BCUT2D eigenvalue weighted by molar-refractivity contribution is 6.06. The highest BCUT2D eigenvalue weighted by atomic mass is 16.5. The Morgan fingerprint density at radius 1 is 1.00 bits per heavy atom. The number of ether oxygens (including phenoxy) is 1. The third-order valence-electron chi connectivity index (χ3n) is 7.00. The van der Waals surface area contributed by atoms with E-state index in [4.69, 9.17) is 9.73 Å². The Hall–Kier alpha value is -3.61. The molecule has 5 rings (SSSR count). The predicted molar refractivity (Wildman–Crippen MR) is 124 cm³/mol. The van der Waals surface area contributed by atoms with Gasteiger partial charge in [0.15, 0.2) is 0 Å². The van der Waals surface area contributed by atoms with Gasteiger partial charge in [-0.05, 0) is 55.3 Å². The third-order valence-corrected chi connectivity index (χ3v) is 7.00. The van der Waals surface area contributed by atoms with E-state index in [2.05, 4.69) is 46.2 Å². The Kier molecular flexibility index (Phi) is 4.77. The number of benzene rings is 2. The lowest BCUT2D eigenvalue weighted by molar-refractivity contribution is 0.122. The van der Waals surface area contributed by atoms with Crippen LogP contribution in [0, 0.1) is 28.1 Å². The molecular formula is C26H25N5O. The summed E-state index contributed by atoms with van der Waals surface area (Å²) in [6.07, 6.45) is 4.05. The van der Waals surface area contributed by atoms with Gasteiger partial charge in [-0.25, -0.2) is 0 Å². The number of anilines is 1. The monoisotopic (exact) mass is 423 g/mol. The van der Waals surface area contributed by atoms with Crippen molar-refractivity contribution in [1.82, 2.24) is 4.90 Å². The Bertz CT molecular complexity index is 1160. The Balaban J connectivity index is 1.62. The molecule has 32 heavy (non-hydrogen) atoms. The fourth-order valence-corrected chi connectivity index (χ4v) is 5.07. The van der Waals surface area contributed by atoms with Crippen molar-refractivity contribution < 1.29 is 4.74 Å². The van der Waals surface area contributed by atoms with Crippen LogP contribution in [0.15, 0.2) is 59.7 Å². The highest BCUT2D eigenvalue weighted by Gasteiger charge is 2.64. The predicted octanol–water partition coefficient (Wildman–Crippen LogP) is 4.45. The fraction of sp³-hybridized carbons (Fsp3) is 0.346. The minimum Gasteiger partial charge on any atom is -0.378 e. The van der Waals surface area contributed by atoms with Gasteiger partial charge in [-0.2, -0.15) is 10.5 Å². The van der Waals surface area contributed by atoms with Crippen LogP contribution in [0.1, 0.15) is 31.0 Å². The van der Waals surface area contributed by atoms with Crippen LogP contribution in [0.25, 0.3) is 6.08 Å². The molecule has 0 amide bonds. The number of nitrogens with zero attached hydrogens (tertiary/aromatic N) is 5. The molecule has 3 aliphatic rings. The minimum absolute atomic E-state index is 0.260. The molecule has 3 heterocycles. The van der Waals surface area contributed by atoms with E-state index in [1.54, 1.807) is 0 Å². The second-order valence-electron chi connectivity index (χ2n) is 8.90. The number of nitriles is 2. The summed E-state index contributed by atoms with van der Waals surface area (Å²) in [5.41, 5.74) is 2.51. The van der Waals surface area contributed by atoms with E-state index in [0.717, 1.165) is 48.8 Å². The first kappa shape index (κ1) is 20.3. The normalized spacial score (nSPS) is 23.9. The SMILES string of the molecule is CC1(C)N2C=Cc3ccccc3[C@H]2C(=Nc2ccc(N3CCOCC3)cc2)C1(C#N)C#N. The Morgan fingerprint density at radius 2 is 1.69 bits per heavy atom. The Labute approximate surface area is 188 Å². The molecule has 2 fully saturated rings. The summed E-state index contributed by atoms with van der Waals surface area (Å²) in [5, 5.41) is 20.6. The molecule has 0 radical (unpaired) electrons. The molecule has 160 valence electrons. The second kappa shape index (κ2) is 7.51. The zero-order chi connectivity index (χ0) is 22.3. The molecule has 0 aromatic heterocycles. The van der Waals surface area contributed by atoms with Crippen molar-refractivity contribution in [3.8, 4) is 12.1 Å². The van der Waals surface area contributed by atoms with E-state index < -0.39 is 11.0 Å². The van der Waals surface area contributed by atoms with E-state index in [-0.39, 0.29) is 6.04 Å². The van der Waals surface area contributed by atoms with Gasteiger partial charge >= 0.3 is 0 Å². The smallest absolute Gasteiger partial charge is 0.206 e. The number of hydrogen-bond acceptors (Lipinski definition) is 6. The largest absolute Gasteiger partial charge is 0.378 e. The van der Waals surface area contributed by atoms with Crippen molar-refractivity contribution in [1.29, 1.82) is 10.5 Å². The van der Waals surface area contributed by atoms with Crippen molar-refractivity contribution in [2.75, 3.05) is 31.2 Å². The van der Waals surface area contributed by atoms with Gasteiger partial charge in [0, 0.05) is 25.0 Å². The zero-order valence-corrected chi connectivity index (χ0v) is 18.3. The number of aliphatic imine (C=N–C) groups is 1. The molecule has 6 nitrogen and oxygen atoms in total. The quantitative estimate of drug-likeness (QED) is 0.713. The Morgan fingerprint density at radius 3 is 2.38 bits per heavy atom. The van der Waals surface area contributed by atoms with Gasteiger partial charge in [0.25, 0.3) is 0 Å². The van der Waals surface area contributed by atoms with Gasteiger partial charge in [-0.1, -0.05) is 24.3 Å². The summed E-state index contributed by atoms with van der Waals surface area (Å²) in [5.74, 6) is 0. The molecule has 1 atom stereocenters. The summed E-state index contributed by atoms with van der Waals surface area (Å²) in [7, 11) is 0. The average Bonchev–Trinajstić information content (AvgIpc) is 3.03. The van der Waals surface area contributed by atoms with Crippen LogP contribution in [0.2, 0.25) is 0 Å². The molecule has 0 N–H and O–H groups in total. The topological polar surface area (TPSA) is 75.7 Å². The summed E-state index contributed by atoms with van der Waals surface area (Å²) in [6.45, 7) is 7.11. The summed E-state index contributed by atoms with van der Waals surface area (Å²) < 4.78 is 5.44. The van der Waals surface area contributed by atoms with Crippen molar-refractivity contribution >= 4 is 23.2 Å². The van der Waals surface area contributed by atoms with Crippen molar-refractivity contribution in [3.63, 3.8) is 0 Å². The van der Waals surface area contributed by atoms with Crippen LogP contribution in [0.5, 0.6) is 0 Å². The molecule has 2 saturated heterocycles. The lowest BCUT2D eigenvalue weighted by Gasteiger charge is -2.39. The maximum Gasteiger partial charge on any atom is 0.206 e. The minimum atomic E-state index is -1.37. The van der Waals surface area contributed by atoms with Gasteiger partial charge in [0.05, 0.1) is 48.3 Å². The maximum absolute atomic E-state index is 10.3. The lowest BCUT2D eigenvalue weighted by Crippen LogP contribution is -2.47. The molecular weight excluding hydrogens is 398 g/mol. The van der Waals surface area contributed by atoms with Crippen LogP contribution in [0.4, 0.5) is 11.4 Å². The van der Waals surface area contributed by atoms with Crippen LogP contribution in [-0.2, 0) is 4.74 Å². The first-order valence-corrected chi connectivity index (χ1v) is 10.9. The number of hydrogen-bond donors (Lipinski definition) is 0. The molecule has 0 unspecified atom stereocenters. The second-order valence-corrected chi connectivity index (χ2v) is 8.90. The third kappa shape index (κ3) is 2.84. The van der Waals surface area contributed by atoms with Crippen molar-refractivity contribution in [2.45, 2.75) is 25.4 Å². The first-order valence-electron chi connectivity index (χ1n) is 10.9. The van der Waals surface area contributed by atoms with Gasteiger partial charge in [-0.3, -0.25) is 4.99 Å². The zero-order valence-electron chi connectivity index (χ0n) is 18.3. The van der Waals surface area contributed by atoms with Crippen LogP contribution < -0.4 is 4.90 Å². The van der Waals surface area contributed by atoms with E-state index in [9.17, 15) is 10.5 Å². The first-order chi connectivity index (χ1) is 15.5. The average molecular weight is 424 g/mol. The molecule has 0 bridgehead atoms. The molecule has 0 aliphatic carbocycles. The molecule has 2 aromatic rings. The standard InChI is InChI=1S/C26H25N5O/c1-25(2)26(17-27,18-28)24(23-22-6-4-3-5-19(22)11-12-31(23)25)29-20-7-9-21(10-8-20)30-13-15-32-16-14-30/h3-12,23H,13-16H2,1-2H3/t23-/m0/s1. The molecule has 0 spiro atoms. The molecule has 0 saturated carbocycles. The van der Waals surface area contributed by atoms with Crippen molar-refractivity contribution in [3.05, 3.63) is 65.9 Å². The van der Waals surface area contributed by atoms with Gasteiger partial charge in [0.1, 0.15) is 0 Å². The van der Waals surface area contributed by atoms with Crippen LogP contribution >= 0.6 is 0 Å². The highest BCUT2D eigenvalue weighted by Crippen LogP contribution is 2.54. The van der Waals surface area contributed by atoms with Gasteiger partial charge in [0.2, 0.25) is 5.41 Å². The molecule has 6 heteroatoms. The van der Waals surface area contributed by atoms with E-state index in [1.165, 1.54) is 0 Å². The van der Waals surface area contributed by atoms with Crippen molar-refractivity contribution in [2.24, 2.45) is 10.4 Å². The van der Waals surface area contributed by atoms with Crippen LogP contribution in [0.3, 0.4) is 0 Å². The van der Waals surface area contributed by atoms with E-state index >= 15 is 0 Å². The molecule has 2 aromatic carbocycles. The number of fused-ring (bicyclic) bond motifs is 3. The van der Waals surface area contributed by atoms with Crippen LogP contribution in [-0.4, -0.2) is 42.5 Å².